The number of nitrogens with one attached hydrogen (secondary N) is 1. The van der Waals surface area contributed by atoms with Crippen molar-refractivity contribution in [1.29, 1.82) is 0 Å². The summed E-state index contributed by atoms with van der Waals surface area (Å²) in [7, 11) is 0. The molecule has 0 saturated heterocycles. The van der Waals surface area contributed by atoms with Crippen molar-refractivity contribution >= 4 is 45.8 Å². The van der Waals surface area contributed by atoms with E-state index in [4.69, 9.17) is 28.2 Å². The van der Waals surface area contributed by atoms with Crippen LogP contribution in [0.25, 0.3) is 0 Å². The zero-order chi connectivity index (χ0) is 13.2. The molecule has 2 aliphatic rings. The van der Waals surface area contributed by atoms with Crippen LogP contribution in [0.1, 0.15) is 25.7 Å². The van der Waals surface area contributed by atoms with Crippen molar-refractivity contribution < 1.29 is 0 Å². The van der Waals surface area contributed by atoms with Crippen LogP contribution in [0.4, 0.5) is 5.69 Å². The summed E-state index contributed by atoms with van der Waals surface area (Å²) in [5.41, 5.74) is 0.881. The Balaban J connectivity index is 1.74. The van der Waals surface area contributed by atoms with Gasteiger partial charge in [-0.3, -0.25) is 4.99 Å². The lowest BCUT2D eigenvalue weighted by Gasteiger charge is -2.32. The van der Waals surface area contributed by atoms with Gasteiger partial charge in [-0.2, -0.15) is 0 Å². The number of hydrogen-bond donors (Lipinski definition) is 1. The number of thioether (sulfide) groups is 1. The van der Waals surface area contributed by atoms with Crippen LogP contribution in [0.2, 0.25) is 10.0 Å². The molecule has 1 aromatic carbocycles. The summed E-state index contributed by atoms with van der Waals surface area (Å²) < 4.78 is 0. The Morgan fingerprint density at radius 2 is 2.05 bits per heavy atom. The van der Waals surface area contributed by atoms with Crippen molar-refractivity contribution in [2.45, 2.75) is 31.7 Å². The van der Waals surface area contributed by atoms with Gasteiger partial charge in [-0.25, -0.2) is 0 Å². The summed E-state index contributed by atoms with van der Waals surface area (Å²) in [6.07, 6.45) is 5.23. The molecule has 1 aliphatic carbocycles. The number of rotatable bonds is 1. The molecule has 3 rings (SSSR count). The average Bonchev–Trinajstić information content (AvgIpc) is 2.42. The van der Waals surface area contributed by atoms with Crippen LogP contribution in [0.5, 0.6) is 0 Å². The highest BCUT2D eigenvalue weighted by Gasteiger charge is 2.29. The first kappa shape index (κ1) is 13.6. The van der Waals surface area contributed by atoms with Crippen LogP contribution in [0.3, 0.4) is 0 Å². The zero-order valence-electron chi connectivity index (χ0n) is 10.5. The van der Waals surface area contributed by atoms with E-state index in [1.807, 2.05) is 12.1 Å². The average molecular weight is 315 g/mol. The fourth-order valence-corrected chi connectivity index (χ4v) is 4.31. The predicted octanol–water partition coefficient (Wildman–Crippen LogP) is 5.07. The van der Waals surface area contributed by atoms with Crippen molar-refractivity contribution in [2.24, 2.45) is 10.9 Å². The molecule has 1 fully saturated rings. The molecule has 1 saturated carbocycles. The Bertz CT molecular complexity index is 504. The Hall–Kier alpha value is -0.380. The van der Waals surface area contributed by atoms with Gasteiger partial charge < -0.3 is 5.32 Å². The fourth-order valence-electron chi connectivity index (χ4n) is 2.70. The van der Waals surface area contributed by atoms with E-state index in [-0.39, 0.29) is 0 Å². The maximum Gasteiger partial charge on any atom is 0.161 e. The summed E-state index contributed by atoms with van der Waals surface area (Å²) in [5.74, 6) is 1.94. The summed E-state index contributed by atoms with van der Waals surface area (Å²) in [6.45, 7) is 0. The van der Waals surface area contributed by atoms with E-state index in [2.05, 4.69) is 5.32 Å². The van der Waals surface area contributed by atoms with Gasteiger partial charge in [0.1, 0.15) is 0 Å². The zero-order valence-corrected chi connectivity index (χ0v) is 12.9. The third-order valence-electron chi connectivity index (χ3n) is 3.76. The summed E-state index contributed by atoms with van der Waals surface area (Å²) >= 11 is 13.9. The summed E-state index contributed by atoms with van der Waals surface area (Å²) in [5, 5.41) is 5.62. The number of halogens is 2. The topological polar surface area (TPSA) is 24.4 Å². The fraction of sp³-hybridized carbons (Fsp3) is 0.500. The van der Waals surface area contributed by atoms with E-state index in [0.29, 0.717) is 16.1 Å². The third-order valence-corrected chi connectivity index (χ3v) is 5.38. The van der Waals surface area contributed by atoms with Crippen molar-refractivity contribution in [1.82, 2.24) is 0 Å². The molecular formula is C14H16Cl2N2S. The molecule has 1 aromatic rings. The number of fused-ring (bicyclic) bond motifs is 1. The molecule has 1 aliphatic heterocycles. The van der Waals surface area contributed by atoms with E-state index >= 15 is 0 Å². The lowest BCUT2D eigenvalue weighted by Crippen LogP contribution is -2.31. The molecule has 1 N–H and O–H groups in total. The minimum Gasteiger partial charge on any atom is -0.334 e. The SMILES string of the molecule is Clc1ccc(NC2=NC3CCCCC3CS2)c(Cl)c1. The predicted molar refractivity (Wildman–Crippen MR) is 85.7 cm³/mol. The van der Waals surface area contributed by atoms with Crippen molar-refractivity contribution in [3.05, 3.63) is 28.2 Å². The number of nitrogens with zero attached hydrogens (tertiary/aromatic N) is 1. The van der Waals surface area contributed by atoms with Crippen LogP contribution in [0.15, 0.2) is 23.2 Å². The molecule has 5 heteroatoms. The minimum atomic E-state index is 0.503. The molecule has 2 nitrogen and oxygen atoms in total. The number of amidine groups is 1. The number of aliphatic imine (C=N–C) groups is 1. The van der Waals surface area contributed by atoms with Crippen molar-refractivity contribution in [2.75, 3.05) is 11.1 Å². The van der Waals surface area contributed by atoms with Crippen LogP contribution in [-0.4, -0.2) is 17.0 Å². The molecule has 2 atom stereocenters. The number of anilines is 1. The Morgan fingerprint density at radius 3 is 2.89 bits per heavy atom. The second-order valence-corrected chi connectivity index (χ2v) is 6.96. The third kappa shape index (κ3) is 3.21. The smallest absolute Gasteiger partial charge is 0.161 e. The molecule has 102 valence electrons. The van der Waals surface area contributed by atoms with Crippen molar-refractivity contribution in [3.8, 4) is 0 Å². The highest BCUT2D eigenvalue weighted by atomic mass is 35.5. The lowest BCUT2D eigenvalue weighted by molar-refractivity contribution is 0.336. The van der Waals surface area contributed by atoms with Gasteiger partial charge in [-0.1, -0.05) is 47.8 Å². The van der Waals surface area contributed by atoms with Gasteiger partial charge in [0.15, 0.2) is 5.17 Å². The van der Waals surface area contributed by atoms with E-state index in [0.717, 1.165) is 16.8 Å². The van der Waals surface area contributed by atoms with Crippen molar-refractivity contribution in [3.63, 3.8) is 0 Å². The second-order valence-electron chi connectivity index (χ2n) is 5.11. The van der Waals surface area contributed by atoms with E-state index < -0.39 is 0 Å². The standard InChI is InChI=1S/C14H16Cl2N2S/c15-10-5-6-13(11(16)7-10)18-14-17-12-4-2-1-3-9(12)8-19-14/h5-7,9,12H,1-4,8H2,(H,17,18). The van der Waals surface area contributed by atoms with E-state index in [1.54, 1.807) is 17.8 Å². The molecular weight excluding hydrogens is 299 g/mol. The first-order valence-corrected chi connectivity index (χ1v) is 8.39. The quantitative estimate of drug-likeness (QED) is 0.782. The molecule has 0 bridgehead atoms. The summed E-state index contributed by atoms with van der Waals surface area (Å²) in [6, 6.07) is 6.00. The maximum absolute atomic E-state index is 6.17. The molecule has 0 spiro atoms. The van der Waals surface area contributed by atoms with Gasteiger partial charge in [0.2, 0.25) is 0 Å². The van der Waals surface area contributed by atoms with Gasteiger partial charge >= 0.3 is 0 Å². The number of benzene rings is 1. The first-order chi connectivity index (χ1) is 9.22. The largest absolute Gasteiger partial charge is 0.334 e. The molecule has 19 heavy (non-hydrogen) atoms. The van der Waals surface area contributed by atoms with Gasteiger partial charge in [-0.15, -0.1) is 0 Å². The van der Waals surface area contributed by atoms with E-state index in [9.17, 15) is 0 Å². The molecule has 0 amide bonds. The number of hydrogen-bond acceptors (Lipinski definition) is 3. The second kappa shape index (κ2) is 5.94. The monoisotopic (exact) mass is 314 g/mol. The molecule has 2 unspecified atom stereocenters. The Kier molecular flexibility index (Phi) is 4.25. The van der Waals surface area contributed by atoms with Gasteiger partial charge in [-0.05, 0) is 37.0 Å². The molecule has 0 radical (unpaired) electrons. The Morgan fingerprint density at radius 1 is 1.21 bits per heavy atom. The first-order valence-electron chi connectivity index (χ1n) is 6.65. The molecule has 1 heterocycles. The van der Waals surface area contributed by atoms with E-state index in [1.165, 1.54) is 31.4 Å². The van der Waals surface area contributed by atoms with Crippen LogP contribution >= 0.6 is 35.0 Å². The minimum absolute atomic E-state index is 0.503. The lowest BCUT2D eigenvalue weighted by atomic mass is 9.86. The molecule has 0 aromatic heterocycles. The van der Waals surface area contributed by atoms with Gasteiger partial charge in [0, 0.05) is 10.8 Å². The van der Waals surface area contributed by atoms with Gasteiger partial charge in [0.25, 0.3) is 0 Å². The van der Waals surface area contributed by atoms with Gasteiger partial charge in [0.05, 0.1) is 16.8 Å². The summed E-state index contributed by atoms with van der Waals surface area (Å²) in [4.78, 5) is 4.84. The van der Waals surface area contributed by atoms with Crippen LogP contribution < -0.4 is 5.32 Å². The highest BCUT2D eigenvalue weighted by Crippen LogP contribution is 2.35. The Labute approximate surface area is 128 Å². The normalized spacial score (nSPS) is 26.5. The maximum atomic E-state index is 6.17. The van der Waals surface area contributed by atoms with Crippen LogP contribution in [0, 0.1) is 5.92 Å². The van der Waals surface area contributed by atoms with Crippen LogP contribution in [-0.2, 0) is 0 Å². The highest BCUT2D eigenvalue weighted by molar-refractivity contribution is 8.14.